The highest BCUT2D eigenvalue weighted by molar-refractivity contribution is 9.10. The molecule has 0 spiro atoms. The maximum absolute atomic E-state index is 5.65. The van der Waals surface area contributed by atoms with Gasteiger partial charge in [-0.15, -0.1) is 0 Å². The number of hydrogen-bond donors (Lipinski definition) is 1. The molecule has 1 rings (SSSR count). The Morgan fingerprint density at radius 1 is 1.67 bits per heavy atom. The van der Waals surface area contributed by atoms with Crippen LogP contribution in [0.2, 0.25) is 0 Å². The number of aryl methyl sites for hydroxylation is 1. The standard InChI is InChI=1S/C9H13BrN2/c1-7(11)4-5-8-3-2-6-12-9(8)10/h2-3,6-7H,4-5,11H2,1H3. The molecule has 0 bridgehead atoms. The van der Waals surface area contributed by atoms with Gasteiger partial charge in [0.2, 0.25) is 0 Å². The van der Waals surface area contributed by atoms with Crippen molar-refractivity contribution in [3.63, 3.8) is 0 Å². The molecule has 0 fully saturated rings. The summed E-state index contributed by atoms with van der Waals surface area (Å²) in [6.07, 6.45) is 3.77. The second-order valence-corrected chi connectivity index (χ2v) is 3.72. The van der Waals surface area contributed by atoms with Crippen molar-refractivity contribution in [3.05, 3.63) is 28.5 Å². The minimum atomic E-state index is 0.261. The fraction of sp³-hybridized carbons (Fsp3) is 0.444. The molecule has 1 aromatic rings. The van der Waals surface area contributed by atoms with Gasteiger partial charge in [-0.2, -0.15) is 0 Å². The van der Waals surface area contributed by atoms with E-state index in [0.717, 1.165) is 17.4 Å². The minimum Gasteiger partial charge on any atom is -0.328 e. The Morgan fingerprint density at radius 2 is 2.42 bits per heavy atom. The van der Waals surface area contributed by atoms with E-state index in [-0.39, 0.29) is 6.04 Å². The predicted octanol–water partition coefficient (Wildman–Crippen LogP) is 2.12. The third-order valence-electron chi connectivity index (χ3n) is 1.71. The topological polar surface area (TPSA) is 38.9 Å². The van der Waals surface area contributed by atoms with Crippen LogP contribution in [0.3, 0.4) is 0 Å². The van der Waals surface area contributed by atoms with E-state index in [1.807, 2.05) is 13.0 Å². The summed E-state index contributed by atoms with van der Waals surface area (Å²) in [5.74, 6) is 0. The highest BCUT2D eigenvalue weighted by Gasteiger charge is 2.00. The van der Waals surface area contributed by atoms with Crippen molar-refractivity contribution in [2.45, 2.75) is 25.8 Å². The van der Waals surface area contributed by atoms with Crippen molar-refractivity contribution in [1.82, 2.24) is 4.98 Å². The van der Waals surface area contributed by atoms with Crippen LogP contribution < -0.4 is 5.73 Å². The Bertz CT molecular complexity index is 248. The van der Waals surface area contributed by atoms with Crippen LogP contribution in [-0.2, 0) is 6.42 Å². The number of aromatic nitrogens is 1. The number of nitrogens with two attached hydrogens (primary N) is 1. The van der Waals surface area contributed by atoms with E-state index in [1.165, 1.54) is 5.56 Å². The molecular weight excluding hydrogens is 216 g/mol. The van der Waals surface area contributed by atoms with Crippen LogP contribution >= 0.6 is 15.9 Å². The van der Waals surface area contributed by atoms with Crippen molar-refractivity contribution >= 4 is 15.9 Å². The second kappa shape index (κ2) is 4.58. The summed E-state index contributed by atoms with van der Waals surface area (Å²) in [5, 5.41) is 0. The van der Waals surface area contributed by atoms with Gasteiger partial charge < -0.3 is 5.73 Å². The van der Waals surface area contributed by atoms with Crippen LogP contribution in [0, 0.1) is 0 Å². The van der Waals surface area contributed by atoms with Gasteiger partial charge in [0.1, 0.15) is 4.60 Å². The molecule has 3 heteroatoms. The lowest BCUT2D eigenvalue weighted by molar-refractivity contribution is 0.663. The molecule has 0 aliphatic carbocycles. The van der Waals surface area contributed by atoms with E-state index in [0.29, 0.717) is 0 Å². The smallest absolute Gasteiger partial charge is 0.109 e. The zero-order chi connectivity index (χ0) is 8.97. The summed E-state index contributed by atoms with van der Waals surface area (Å²) in [6, 6.07) is 4.28. The number of hydrogen-bond acceptors (Lipinski definition) is 2. The molecular formula is C9H13BrN2. The monoisotopic (exact) mass is 228 g/mol. The fourth-order valence-electron chi connectivity index (χ4n) is 0.989. The van der Waals surface area contributed by atoms with Crippen molar-refractivity contribution in [2.24, 2.45) is 5.73 Å². The molecule has 0 aliphatic heterocycles. The Kier molecular flexibility index (Phi) is 3.69. The van der Waals surface area contributed by atoms with Gasteiger partial charge in [0.25, 0.3) is 0 Å². The molecule has 0 amide bonds. The molecule has 1 atom stereocenters. The van der Waals surface area contributed by atoms with Crippen molar-refractivity contribution in [2.75, 3.05) is 0 Å². The average Bonchev–Trinajstić information content (AvgIpc) is 2.03. The Balaban J connectivity index is 2.57. The first-order valence-electron chi connectivity index (χ1n) is 4.05. The summed E-state index contributed by atoms with van der Waals surface area (Å²) in [6.45, 7) is 2.02. The molecule has 66 valence electrons. The van der Waals surface area contributed by atoms with Gasteiger partial charge in [0, 0.05) is 12.2 Å². The van der Waals surface area contributed by atoms with Gasteiger partial charge in [-0.1, -0.05) is 6.07 Å². The molecule has 1 unspecified atom stereocenters. The molecule has 2 N–H and O–H groups in total. The SMILES string of the molecule is CC(N)CCc1cccnc1Br. The lowest BCUT2D eigenvalue weighted by Gasteiger charge is -2.05. The lowest BCUT2D eigenvalue weighted by Crippen LogP contribution is -2.15. The summed E-state index contributed by atoms with van der Waals surface area (Å²) in [4.78, 5) is 4.13. The molecule has 1 heterocycles. The lowest BCUT2D eigenvalue weighted by atomic mass is 10.1. The Morgan fingerprint density at radius 3 is 3.00 bits per heavy atom. The van der Waals surface area contributed by atoms with E-state index < -0.39 is 0 Å². The van der Waals surface area contributed by atoms with Crippen LogP contribution in [0.25, 0.3) is 0 Å². The largest absolute Gasteiger partial charge is 0.328 e. The van der Waals surface area contributed by atoms with E-state index in [9.17, 15) is 0 Å². The number of pyridine rings is 1. The highest BCUT2D eigenvalue weighted by atomic mass is 79.9. The highest BCUT2D eigenvalue weighted by Crippen LogP contribution is 2.14. The van der Waals surface area contributed by atoms with Crippen LogP contribution in [0.1, 0.15) is 18.9 Å². The van der Waals surface area contributed by atoms with Crippen LogP contribution in [0.15, 0.2) is 22.9 Å². The zero-order valence-corrected chi connectivity index (χ0v) is 8.71. The fourth-order valence-corrected chi connectivity index (χ4v) is 1.44. The van der Waals surface area contributed by atoms with E-state index in [1.54, 1.807) is 6.20 Å². The Hall–Kier alpha value is -0.410. The summed E-state index contributed by atoms with van der Waals surface area (Å²) in [5.41, 5.74) is 6.89. The van der Waals surface area contributed by atoms with Crippen molar-refractivity contribution < 1.29 is 0 Å². The van der Waals surface area contributed by atoms with Gasteiger partial charge >= 0.3 is 0 Å². The van der Waals surface area contributed by atoms with E-state index in [2.05, 4.69) is 27.0 Å². The van der Waals surface area contributed by atoms with Crippen LogP contribution in [0.4, 0.5) is 0 Å². The predicted molar refractivity (Wildman–Crippen MR) is 53.9 cm³/mol. The van der Waals surface area contributed by atoms with Gasteiger partial charge in [-0.3, -0.25) is 0 Å². The third-order valence-corrected chi connectivity index (χ3v) is 2.42. The number of nitrogens with zero attached hydrogens (tertiary/aromatic N) is 1. The maximum atomic E-state index is 5.65. The second-order valence-electron chi connectivity index (χ2n) is 2.97. The zero-order valence-electron chi connectivity index (χ0n) is 7.13. The number of halogens is 1. The average molecular weight is 229 g/mol. The summed E-state index contributed by atoms with van der Waals surface area (Å²) in [7, 11) is 0. The molecule has 1 aromatic heterocycles. The maximum Gasteiger partial charge on any atom is 0.109 e. The number of rotatable bonds is 3. The molecule has 2 nitrogen and oxygen atoms in total. The van der Waals surface area contributed by atoms with Crippen LogP contribution in [0.5, 0.6) is 0 Å². The van der Waals surface area contributed by atoms with Gasteiger partial charge in [-0.05, 0) is 47.3 Å². The normalized spacial score (nSPS) is 12.9. The van der Waals surface area contributed by atoms with Crippen molar-refractivity contribution in [3.8, 4) is 0 Å². The first kappa shape index (κ1) is 9.68. The summed E-state index contributed by atoms with van der Waals surface area (Å²) >= 11 is 3.39. The quantitative estimate of drug-likeness (QED) is 0.806. The van der Waals surface area contributed by atoms with Gasteiger partial charge in [0.05, 0.1) is 0 Å². The molecule has 0 radical (unpaired) electrons. The first-order valence-corrected chi connectivity index (χ1v) is 4.84. The van der Waals surface area contributed by atoms with Gasteiger partial charge in [-0.25, -0.2) is 4.98 Å². The molecule has 0 saturated carbocycles. The summed E-state index contributed by atoms with van der Waals surface area (Å²) < 4.78 is 0.936. The third kappa shape index (κ3) is 2.91. The Labute approximate surface area is 81.3 Å². The van der Waals surface area contributed by atoms with Crippen molar-refractivity contribution in [1.29, 1.82) is 0 Å². The molecule has 0 aliphatic rings. The molecule has 0 aromatic carbocycles. The minimum absolute atomic E-state index is 0.261. The molecule has 12 heavy (non-hydrogen) atoms. The first-order chi connectivity index (χ1) is 5.70. The van der Waals surface area contributed by atoms with Crippen LogP contribution in [-0.4, -0.2) is 11.0 Å². The molecule has 0 saturated heterocycles. The van der Waals surface area contributed by atoms with E-state index in [4.69, 9.17) is 5.73 Å². The van der Waals surface area contributed by atoms with Gasteiger partial charge in [0.15, 0.2) is 0 Å². The van der Waals surface area contributed by atoms with E-state index >= 15 is 0 Å².